The minimum atomic E-state index is -3.31. The fourth-order valence-electron chi connectivity index (χ4n) is 2.62. The van der Waals surface area contributed by atoms with E-state index in [4.69, 9.17) is 5.73 Å². The molecule has 0 saturated carbocycles. The van der Waals surface area contributed by atoms with E-state index in [1.165, 1.54) is 12.5 Å². The predicted molar refractivity (Wildman–Crippen MR) is 73.9 cm³/mol. The van der Waals surface area contributed by atoms with Gasteiger partial charge in [0.05, 0.1) is 18.4 Å². The first-order valence-electron chi connectivity index (χ1n) is 6.50. The van der Waals surface area contributed by atoms with Gasteiger partial charge in [0, 0.05) is 24.8 Å². The van der Waals surface area contributed by atoms with Crippen LogP contribution in [-0.4, -0.2) is 55.3 Å². The van der Waals surface area contributed by atoms with Crippen LogP contribution < -0.4 is 5.73 Å². The van der Waals surface area contributed by atoms with Crippen LogP contribution in [0.15, 0.2) is 11.1 Å². The summed E-state index contributed by atoms with van der Waals surface area (Å²) in [6.45, 7) is 3.17. The van der Waals surface area contributed by atoms with Gasteiger partial charge in [0.1, 0.15) is 4.90 Å². The molecular weight excluding hydrogens is 280 g/mol. The Morgan fingerprint density at radius 3 is 2.60 bits per heavy atom. The van der Waals surface area contributed by atoms with Gasteiger partial charge in [-0.25, -0.2) is 8.42 Å². The summed E-state index contributed by atoms with van der Waals surface area (Å²) in [6.07, 6.45) is 3.90. The van der Waals surface area contributed by atoms with Crippen molar-refractivity contribution >= 4 is 15.7 Å². The Morgan fingerprint density at radius 2 is 2.10 bits per heavy atom. The van der Waals surface area contributed by atoms with Crippen LogP contribution in [0.4, 0.5) is 0 Å². The molecule has 112 valence electrons. The molecule has 0 bridgehead atoms. The first-order chi connectivity index (χ1) is 9.28. The van der Waals surface area contributed by atoms with Crippen LogP contribution in [-0.2, 0) is 20.0 Å². The normalized spacial score (nSPS) is 19.1. The topological polar surface area (TPSA) is 109 Å². The van der Waals surface area contributed by atoms with E-state index in [1.807, 2.05) is 6.92 Å². The van der Waals surface area contributed by atoms with Gasteiger partial charge in [0.15, 0.2) is 9.84 Å². The first kappa shape index (κ1) is 15.0. The van der Waals surface area contributed by atoms with Gasteiger partial charge in [-0.3, -0.25) is 9.89 Å². The minimum absolute atomic E-state index is 0.00929. The molecule has 2 rings (SSSR count). The molecule has 0 radical (unpaired) electrons. The second kappa shape index (κ2) is 5.17. The van der Waals surface area contributed by atoms with E-state index in [0.29, 0.717) is 31.6 Å². The lowest BCUT2D eigenvalue weighted by molar-refractivity contribution is -0.131. The van der Waals surface area contributed by atoms with Crippen molar-refractivity contribution in [2.75, 3.05) is 25.9 Å². The number of carbonyl (C=O) groups is 1. The third-order valence-corrected chi connectivity index (χ3v) is 5.11. The number of carbonyl (C=O) groups excluding carboxylic acids is 1. The Balaban J connectivity index is 2.23. The number of aromatic nitrogens is 2. The SMILES string of the molecule is CC1(c2[nH]ncc2S(C)(=O)=O)CCN(C(=O)CN)CC1. The summed E-state index contributed by atoms with van der Waals surface area (Å²) in [4.78, 5) is 13.5. The zero-order chi connectivity index (χ0) is 15.0. The van der Waals surface area contributed by atoms with Crippen molar-refractivity contribution in [3.8, 4) is 0 Å². The average molecular weight is 300 g/mol. The maximum Gasteiger partial charge on any atom is 0.236 e. The first-order valence-corrected chi connectivity index (χ1v) is 8.39. The number of likely N-dealkylation sites (tertiary alicyclic amines) is 1. The zero-order valence-corrected chi connectivity index (χ0v) is 12.5. The molecule has 7 nitrogen and oxygen atoms in total. The third kappa shape index (κ3) is 2.71. The second-order valence-corrected chi connectivity index (χ2v) is 7.51. The molecule has 20 heavy (non-hydrogen) atoms. The fraction of sp³-hybridized carbons (Fsp3) is 0.667. The van der Waals surface area contributed by atoms with E-state index in [0.717, 1.165) is 0 Å². The molecule has 1 fully saturated rings. The van der Waals surface area contributed by atoms with Crippen LogP contribution in [0.25, 0.3) is 0 Å². The molecule has 1 aliphatic rings. The van der Waals surface area contributed by atoms with Gasteiger partial charge in [-0.15, -0.1) is 0 Å². The lowest BCUT2D eigenvalue weighted by Gasteiger charge is -2.39. The molecule has 0 spiro atoms. The Kier molecular flexibility index (Phi) is 3.88. The van der Waals surface area contributed by atoms with E-state index in [-0.39, 0.29) is 22.8 Å². The Hall–Kier alpha value is -1.41. The summed E-state index contributed by atoms with van der Waals surface area (Å²) in [7, 11) is -3.31. The van der Waals surface area contributed by atoms with E-state index in [1.54, 1.807) is 4.90 Å². The van der Waals surface area contributed by atoms with Crippen molar-refractivity contribution in [3.63, 3.8) is 0 Å². The number of nitrogens with zero attached hydrogens (tertiary/aromatic N) is 2. The predicted octanol–water partition coefficient (Wildman–Crippen LogP) is -0.348. The molecule has 0 aliphatic carbocycles. The summed E-state index contributed by atoms with van der Waals surface area (Å²) in [5, 5.41) is 6.70. The summed E-state index contributed by atoms with van der Waals surface area (Å²) < 4.78 is 23.6. The van der Waals surface area contributed by atoms with Crippen LogP contribution in [0, 0.1) is 0 Å². The molecule has 8 heteroatoms. The fourth-order valence-corrected chi connectivity index (χ4v) is 3.52. The number of piperidine rings is 1. The highest BCUT2D eigenvalue weighted by Crippen LogP contribution is 2.36. The molecule has 0 unspecified atom stereocenters. The van der Waals surface area contributed by atoms with Crippen LogP contribution in [0.2, 0.25) is 0 Å². The standard InChI is InChI=1S/C12H20N4O3S/c1-12(3-5-16(6-4-12)10(17)7-13)11-9(8-14-15-11)20(2,18)19/h8H,3-7,13H2,1-2H3,(H,14,15). The number of nitrogens with one attached hydrogen (secondary N) is 1. The van der Waals surface area contributed by atoms with Gasteiger partial charge in [0.25, 0.3) is 0 Å². The summed E-state index contributed by atoms with van der Waals surface area (Å²) in [5.74, 6) is -0.0694. The largest absolute Gasteiger partial charge is 0.342 e. The summed E-state index contributed by atoms with van der Waals surface area (Å²) >= 11 is 0. The highest BCUT2D eigenvalue weighted by molar-refractivity contribution is 7.90. The number of rotatable bonds is 3. The molecule has 1 saturated heterocycles. The lowest BCUT2D eigenvalue weighted by atomic mass is 9.77. The number of aromatic amines is 1. The van der Waals surface area contributed by atoms with Crippen LogP contribution in [0.1, 0.15) is 25.5 Å². The van der Waals surface area contributed by atoms with Gasteiger partial charge < -0.3 is 10.6 Å². The summed E-state index contributed by atoms with van der Waals surface area (Å²) in [5.41, 5.74) is 5.68. The minimum Gasteiger partial charge on any atom is -0.342 e. The van der Waals surface area contributed by atoms with Gasteiger partial charge in [-0.05, 0) is 12.8 Å². The van der Waals surface area contributed by atoms with Crippen molar-refractivity contribution in [2.24, 2.45) is 5.73 Å². The Bertz CT molecular complexity index is 600. The molecule has 0 aromatic carbocycles. The van der Waals surface area contributed by atoms with Crippen LogP contribution in [0.5, 0.6) is 0 Å². The number of sulfone groups is 1. The lowest BCUT2D eigenvalue weighted by Crippen LogP contribution is -2.46. The van der Waals surface area contributed by atoms with E-state index < -0.39 is 9.84 Å². The van der Waals surface area contributed by atoms with Crippen molar-refractivity contribution in [1.82, 2.24) is 15.1 Å². The van der Waals surface area contributed by atoms with Crippen LogP contribution >= 0.6 is 0 Å². The molecule has 1 amide bonds. The molecule has 2 heterocycles. The number of nitrogens with two attached hydrogens (primary N) is 1. The second-order valence-electron chi connectivity index (χ2n) is 5.53. The molecule has 0 atom stereocenters. The van der Waals surface area contributed by atoms with Gasteiger partial charge >= 0.3 is 0 Å². The van der Waals surface area contributed by atoms with E-state index in [2.05, 4.69) is 10.2 Å². The number of H-pyrrole nitrogens is 1. The van der Waals surface area contributed by atoms with Crippen molar-refractivity contribution in [2.45, 2.75) is 30.1 Å². The van der Waals surface area contributed by atoms with E-state index >= 15 is 0 Å². The van der Waals surface area contributed by atoms with Crippen molar-refractivity contribution < 1.29 is 13.2 Å². The molecular formula is C12H20N4O3S. The maximum absolute atomic E-state index is 11.8. The highest BCUT2D eigenvalue weighted by atomic mass is 32.2. The number of amides is 1. The number of hydrogen-bond acceptors (Lipinski definition) is 5. The van der Waals surface area contributed by atoms with E-state index in [9.17, 15) is 13.2 Å². The highest BCUT2D eigenvalue weighted by Gasteiger charge is 2.37. The van der Waals surface area contributed by atoms with Crippen molar-refractivity contribution in [1.29, 1.82) is 0 Å². The maximum atomic E-state index is 11.8. The monoisotopic (exact) mass is 300 g/mol. The molecule has 1 aliphatic heterocycles. The molecule has 1 aromatic rings. The molecule has 1 aromatic heterocycles. The zero-order valence-electron chi connectivity index (χ0n) is 11.7. The third-order valence-electron chi connectivity index (χ3n) is 4.00. The smallest absolute Gasteiger partial charge is 0.236 e. The Morgan fingerprint density at radius 1 is 1.50 bits per heavy atom. The van der Waals surface area contributed by atoms with Crippen LogP contribution in [0.3, 0.4) is 0 Å². The van der Waals surface area contributed by atoms with Gasteiger partial charge in [0.2, 0.25) is 5.91 Å². The quantitative estimate of drug-likeness (QED) is 0.793. The van der Waals surface area contributed by atoms with Gasteiger partial charge in [-0.2, -0.15) is 5.10 Å². The average Bonchev–Trinajstić information content (AvgIpc) is 2.88. The summed E-state index contributed by atoms with van der Waals surface area (Å²) in [6, 6.07) is 0. The molecule has 3 N–H and O–H groups in total. The van der Waals surface area contributed by atoms with Crippen molar-refractivity contribution in [3.05, 3.63) is 11.9 Å². The Labute approximate surface area is 118 Å². The van der Waals surface area contributed by atoms with Gasteiger partial charge in [-0.1, -0.05) is 6.92 Å². The number of hydrogen-bond donors (Lipinski definition) is 2.